The van der Waals surface area contributed by atoms with Crippen molar-refractivity contribution in [1.29, 1.82) is 0 Å². The minimum atomic E-state index is -1.89. The summed E-state index contributed by atoms with van der Waals surface area (Å²) in [5.41, 5.74) is -1.91. The van der Waals surface area contributed by atoms with E-state index in [1.165, 1.54) is 24.3 Å². The quantitative estimate of drug-likeness (QED) is 0.445. The molecule has 21 heavy (non-hydrogen) atoms. The van der Waals surface area contributed by atoms with E-state index in [1.807, 2.05) is 0 Å². The Balaban J connectivity index is 1.86. The molecule has 2 fully saturated rings. The summed E-state index contributed by atoms with van der Waals surface area (Å²) in [4.78, 5) is 22.5. The van der Waals surface area contributed by atoms with Crippen molar-refractivity contribution in [2.45, 2.75) is 23.9 Å². The van der Waals surface area contributed by atoms with E-state index < -0.39 is 34.6 Å². The van der Waals surface area contributed by atoms with Crippen LogP contribution in [0.25, 0.3) is 0 Å². The van der Waals surface area contributed by atoms with Crippen LogP contribution in [-0.2, 0) is 9.47 Å². The minimum absolute atomic E-state index is 0.00875. The SMILES string of the molecule is O=C(c1ccc([N+](=O)[O-])cc1)[C@@]1(O)CO[C@@H]2[C@@H](O)CO[C@@H]21. The van der Waals surface area contributed by atoms with E-state index in [0.717, 1.165) is 0 Å². The van der Waals surface area contributed by atoms with Gasteiger partial charge in [-0.05, 0) is 12.1 Å². The van der Waals surface area contributed by atoms with Crippen LogP contribution in [0.3, 0.4) is 0 Å². The average Bonchev–Trinajstić information content (AvgIpc) is 3.01. The van der Waals surface area contributed by atoms with Crippen molar-refractivity contribution in [1.82, 2.24) is 0 Å². The predicted molar refractivity (Wildman–Crippen MR) is 67.9 cm³/mol. The fraction of sp³-hybridized carbons (Fsp3) is 0.462. The molecule has 4 atom stereocenters. The molecule has 8 heteroatoms. The van der Waals surface area contributed by atoms with Gasteiger partial charge in [-0.2, -0.15) is 0 Å². The van der Waals surface area contributed by atoms with Crippen LogP contribution in [0.5, 0.6) is 0 Å². The summed E-state index contributed by atoms with van der Waals surface area (Å²) in [6.07, 6.45) is -2.55. The zero-order chi connectivity index (χ0) is 15.2. The number of aliphatic hydroxyl groups is 2. The maximum Gasteiger partial charge on any atom is 0.269 e. The number of nitro groups is 1. The number of fused-ring (bicyclic) bond motifs is 1. The van der Waals surface area contributed by atoms with Crippen molar-refractivity contribution < 1.29 is 29.4 Å². The van der Waals surface area contributed by atoms with Gasteiger partial charge in [0.05, 0.1) is 18.1 Å². The number of carbonyl (C=O) groups excluding carboxylic acids is 1. The van der Waals surface area contributed by atoms with E-state index in [2.05, 4.69) is 0 Å². The molecule has 0 radical (unpaired) electrons. The Morgan fingerprint density at radius 3 is 2.62 bits per heavy atom. The summed E-state index contributed by atoms with van der Waals surface area (Å²) in [6, 6.07) is 4.93. The molecule has 2 aliphatic rings. The lowest BCUT2D eigenvalue weighted by molar-refractivity contribution is -0.384. The van der Waals surface area contributed by atoms with Crippen LogP contribution in [0.4, 0.5) is 5.69 Å². The van der Waals surface area contributed by atoms with Crippen LogP contribution in [-0.4, -0.2) is 58.0 Å². The number of benzene rings is 1. The second-order valence-corrected chi connectivity index (χ2v) is 5.15. The standard InChI is InChI=1S/C13H13NO7/c15-9-5-20-12-10(9)21-6-13(12,17)11(16)7-1-3-8(4-2-7)14(18)19/h1-4,9-10,12,15,17H,5-6H2/t9-,10+,12-,13-/m0/s1. The van der Waals surface area contributed by atoms with Crippen molar-refractivity contribution in [2.75, 3.05) is 13.2 Å². The number of carbonyl (C=O) groups is 1. The van der Waals surface area contributed by atoms with Crippen LogP contribution >= 0.6 is 0 Å². The number of ether oxygens (including phenoxy) is 2. The molecule has 3 rings (SSSR count). The number of aliphatic hydroxyl groups excluding tert-OH is 1. The fourth-order valence-electron chi connectivity index (χ4n) is 2.69. The summed E-state index contributed by atoms with van der Waals surface area (Å²) < 4.78 is 10.5. The molecule has 1 aromatic carbocycles. The highest BCUT2D eigenvalue weighted by atomic mass is 16.6. The molecule has 2 heterocycles. The monoisotopic (exact) mass is 295 g/mol. The van der Waals surface area contributed by atoms with Crippen LogP contribution < -0.4 is 0 Å². The lowest BCUT2D eigenvalue weighted by Gasteiger charge is -2.25. The van der Waals surface area contributed by atoms with E-state index in [1.54, 1.807) is 0 Å². The number of non-ortho nitro benzene ring substituents is 1. The van der Waals surface area contributed by atoms with E-state index in [0.29, 0.717) is 0 Å². The summed E-state index contributed by atoms with van der Waals surface area (Å²) in [5, 5.41) is 30.8. The Labute approximate surface area is 119 Å². The Bertz CT molecular complexity index is 587. The van der Waals surface area contributed by atoms with Crippen LogP contribution in [0.15, 0.2) is 24.3 Å². The normalized spacial score (nSPS) is 34.7. The lowest BCUT2D eigenvalue weighted by atomic mass is 9.87. The van der Waals surface area contributed by atoms with E-state index in [-0.39, 0.29) is 24.5 Å². The molecule has 0 saturated carbocycles. The number of nitro benzene ring substituents is 1. The molecule has 1 aromatic rings. The zero-order valence-electron chi connectivity index (χ0n) is 10.8. The molecule has 8 nitrogen and oxygen atoms in total. The average molecular weight is 295 g/mol. The number of hydrogen-bond acceptors (Lipinski definition) is 7. The molecule has 0 amide bonds. The molecule has 2 saturated heterocycles. The van der Waals surface area contributed by atoms with Crippen LogP contribution in [0.1, 0.15) is 10.4 Å². The summed E-state index contributed by atoms with van der Waals surface area (Å²) in [5.74, 6) is -0.640. The first-order chi connectivity index (χ1) is 9.93. The fourth-order valence-corrected chi connectivity index (χ4v) is 2.69. The van der Waals surface area contributed by atoms with Crippen molar-refractivity contribution >= 4 is 11.5 Å². The van der Waals surface area contributed by atoms with Gasteiger partial charge in [0.15, 0.2) is 11.4 Å². The number of Topliss-reactive ketones (excluding diaryl/α,β-unsaturated/α-hetero) is 1. The third kappa shape index (κ3) is 2.12. The smallest absolute Gasteiger partial charge is 0.269 e. The van der Waals surface area contributed by atoms with Gasteiger partial charge in [0.2, 0.25) is 0 Å². The van der Waals surface area contributed by atoms with E-state index >= 15 is 0 Å². The minimum Gasteiger partial charge on any atom is -0.388 e. The highest BCUT2D eigenvalue weighted by molar-refractivity contribution is 6.03. The molecule has 112 valence electrons. The summed E-state index contributed by atoms with van der Waals surface area (Å²) in [6.45, 7) is -0.291. The lowest BCUT2D eigenvalue weighted by Crippen LogP contribution is -2.50. The van der Waals surface area contributed by atoms with E-state index in [4.69, 9.17) is 9.47 Å². The van der Waals surface area contributed by atoms with Gasteiger partial charge < -0.3 is 19.7 Å². The molecular formula is C13H13NO7. The zero-order valence-corrected chi connectivity index (χ0v) is 10.8. The van der Waals surface area contributed by atoms with Crippen LogP contribution in [0, 0.1) is 10.1 Å². The molecule has 0 spiro atoms. The van der Waals surface area contributed by atoms with Gasteiger partial charge in [-0.15, -0.1) is 0 Å². The molecule has 2 N–H and O–H groups in total. The van der Waals surface area contributed by atoms with Crippen molar-refractivity contribution in [2.24, 2.45) is 0 Å². The number of hydrogen-bond donors (Lipinski definition) is 2. The maximum absolute atomic E-state index is 12.4. The van der Waals surface area contributed by atoms with E-state index in [9.17, 15) is 25.1 Å². The maximum atomic E-state index is 12.4. The molecule has 2 aliphatic heterocycles. The first-order valence-corrected chi connectivity index (χ1v) is 6.36. The molecule has 0 unspecified atom stereocenters. The van der Waals surface area contributed by atoms with Gasteiger partial charge in [0.25, 0.3) is 5.69 Å². The van der Waals surface area contributed by atoms with Gasteiger partial charge in [-0.3, -0.25) is 14.9 Å². The first kappa shape index (κ1) is 14.1. The van der Waals surface area contributed by atoms with Gasteiger partial charge in [0.1, 0.15) is 18.3 Å². The second-order valence-electron chi connectivity index (χ2n) is 5.15. The van der Waals surface area contributed by atoms with Gasteiger partial charge in [-0.25, -0.2) is 0 Å². The molecule has 0 bridgehead atoms. The Kier molecular flexibility index (Phi) is 3.25. The third-order valence-electron chi connectivity index (χ3n) is 3.82. The summed E-state index contributed by atoms with van der Waals surface area (Å²) in [7, 11) is 0. The second kappa shape index (κ2) is 4.85. The third-order valence-corrected chi connectivity index (χ3v) is 3.82. The number of nitrogens with zero attached hydrogens (tertiary/aromatic N) is 1. The van der Waals surface area contributed by atoms with Gasteiger partial charge >= 0.3 is 0 Å². The largest absolute Gasteiger partial charge is 0.388 e. The van der Waals surface area contributed by atoms with Gasteiger partial charge in [0, 0.05) is 17.7 Å². The highest BCUT2D eigenvalue weighted by Gasteiger charge is 2.59. The number of ketones is 1. The van der Waals surface area contributed by atoms with Gasteiger partial charge in [-0.1, -0.05) is 0 Å². The topological polar surface area (TPSA) is 119 Å². The number of rotatable bonds is 3. The Morgan fingerprint density at radius 1 is 1.33 bits per heavy atom. The molecular weight excluding hydrogens is 282 g/mol. The highest BCUT2D eigenvalue weighted by Crippen LogP contribution is 2.36. The first-order valence-electron chi connectivity index (χ1n) is 6.36. The van der Waals surface area contributed by atoms with Crippen molar-refractivity contribution in [3.63, 3.8) is 0 Å². The summed E-state index contributed by atoms with van der Waals surface area (Å²) >= 11 is 0. The van der Waals surface area contributed by atoms with Crippen LogP contribution in [0.2, 0.25) is 0 Å². The molecule has 0 aliphatic carbocycles. The molecule has 0 aromatic heterocycles. The predicted octanol–water partition coefficient (Wildman–Crippen LogP) is -0.333. The Morgan fingerprint density at radius 2 is 2.00 bits per heavy atom. The van der Waals surface area contributed by atoms with Crippen molar-refractivity contribution in [3.8, 4) is 0 Å². The Hall–Kier alpha value is -1.87. The van der Waals surface area contributed by atoms with Crippen molar-refractivity contribution in [3.05, 3.63) is 39.9 Å².